The average Bonchev–Trinajstić information content (AvgIpc) is 2.87. The Hall–Kier alpha value is -1.20. The van der Waals surface area contributed by atoms with E-state index in [0.717, 1.165) is 5.76 Å². The van der Waals surface area contributed by atoms with E-state index in [1.54, 1.807) is 17.5 Å². The minimum Gasteiger partial charge on any atom is -0.360 e. The molecule has 0 aliphatic rings. The summed E-state index contributed by atoms with van der Waals surface area (Å²) in [6, 6.07) is 2.15. The highest BCUT2D eigenvalue weighted by Crippen LogP contribution is 2.16. The summed E-state index contributed by atoms with van der Waals surface area (Å²) in [7, 11) is 0. The summed E-state index contributed by atoms with van der Waals surface area (Å²) in [5, 5.41) is 6.96. The Bertz CT molecular complexity index is 357. The molecule has 74 valence electrons. The first-order valence-corrected chi connectivity index (χ1v) is 5.25. The van der Waals surface area contributed by atoms with Crippen molar-refractivity contribution in [3.8, 4) is 0 Å². The zero-order valence-corrected chi connectivity index (χ0v) is 8.62. The van der Waals surface area contributed by atoms with Crippen molar-refractivity contribution >= 4 is 11.3 Å². The highest BCUT2D eigenvalue weighted by Gasteiger charge is 2.06. The van der Waals surface area contributed by atoms with Gasteiger partial charge in [-0.1, -0.05) is 5.16 Å². The van der Waals surface area contributed by atoms with Crippen LogP contribution in [0, 0.1) is 0 Å². The fourth-order valence-electron chi connectivity index (χ4n) is 1.13. The minimum absolute atomic E-state index is 0.299. The third kappa shape index (κ3) is 2.18. The average molecular weight is 209 g/mol. The molecule has 1 N–H and O–H groups in total. The summed E-state index contributed by atoms with van der Waals surface area (Å²) in [6.45, 7) is 2.79. The van der Waals surface area contributed by atoms with Gasteiger partial charge in [-0.2, -0.15) is 0 Å². The Morgan fingerprint density at radius 2 is 2.57 bits per heavy atom. The van der Waals surface area contributed by atoms with E-state index in [-0.39, 0.29) is 0 Å². The molecule has 0 saturated heterocycles. The van der Waals surface area contributed by atoms with Crippen molar-refractivity contribution in [2.75, 3.05) is 0 Å². The van der Waals surface area contributed by atoms with Gasteiger partial charge in [0, 0.05) is 23.2 Å². The summed E-state index contributed by atoms with van der Waals surface area (Å²) < 4.78 is 4.98. The van der Waals surface area contributed by atoms with Crippen LogP contribution in [0.1, 0.15) is 23.6 Å². The van der Waals surface area contributed by atoms with Gasteiger partial charge in [0.2, 0.25) is 0 Å². The maximum atomic E-state index is 4.98. The molecule has 0 amide bonds. The van der Waals surface area contributed by atoms with E-state index in [1.165, 1.54) is 4.88 Å². The molecule has 4 nitrogen and oxygen atoms in total. The fraction of sp³-hybridized carbons (Fsp3) is 0.333. The van der Waals surface area contributed by atoms with Crippen LogP contribution >= 0.6 is 11.3 Å². The van der Waals surface area contributed by atoms with Crippen LogP contribution in [0.15, 0.2) is 28.5 Å². The van der Waals surface area contributed by atoms with Gasteiger partial charge in [0.15, 0.2) is 0 Å². The van der Waals surface area contributed by atoms with Crippen LogP contribution in [0.5, 0.6) is 0 Å². The van der Waals surface area contributed by atoms with E-state index in [0.29, 0.717) is 12.6 Å². The standard InChI is InChI=1S/C9H11N3OS/c1-7(9-5-10-6-14-9)11-4-8-2-3-12-13-8/h2-3,5-7,11H,4H2,1H3. The molecule has 2 aromatic heterocycles. The number of aromatic nitrogens is 2. The lowest BCUT2D eigenvalue weighted by atomic mass is 10.3. The van der Waals surface area contributed by atoms with E-state index >= 15 is 0 Å². The van der Waals surface area contributed by atoms with Gasteiger partial charge in [-0.25, -0.2) is 0 Å². The van der Waals surface area contributed by atoms with Gasteiger partial charge in [0.1, 0.15) is 5.76 Å². The van der Waals surface area contributed by atoms with Crippen LogP contribution in [-0.4, -0.2) is 10.1 Å². The van der Waals surface area contributed by atoms with Gasteiger partial charge in [-0.3, -0.25) is 4.98 Å². The lowest BCUT2D eigenvalue weighted by Gasteiger charge is -2.09. The monoisotopic (exact) mass is 209 g/mol. The number of nitrogens with one attached hydrogen (secondary N) is 1. The molecular formula is C9H11N3OS. The van der Waals surface area contributed by atoms with Crippen molar-refractivity contribution < 1.29 is 4.52 Å². The van der Waals surface area contributed by atoms with E-state index in [2.05, 4.69) is 22.4 Å². The lowest BCUT2D eigenvalue weighted by Crippen LogP contribution is -2.16. The van der Waals surface area contributed by atoms with Crippen LogP contribution in [0.2, 0.25) is 0 Å². The van der Waals surface area contributed by atoms with Crippen molar-refractivity contribution in [2.45, 2.75) is 19.5 Å². The molecule has 0 aliphatic carbocycles. The maximum Gasteiger partial charge on any atom is 0.150 e. The number of thiazole rings is 1. The quantitative estimate of drug-likeness (QED) is 0.836. The normalized spacial score (nSPS) is 12.9. The first kappa shape index (κ1) is 9.36. The number of rotatable bonds is 4. The Morgan fingerprint density at radius 1 is 1.64 bits per heavy atom. The molecule has 0 aromatic carbocycles. The highest BCUT2D eigenvalue weighted by molar-refractivity contribution is 7.09. The molecule has 5 heteroatoms. The summed E-state index contributed by atoms with van der Waals surface area (Å²) in [6.07, 6.45) is 3.52. The Labute approximate surface area is 86.0 Å². The Balaban J connectivity index is 1.87. The zero-order chi connectivity index (χ0) is 9.80. The molecule has 0 fully saturated rings. The fourth-order valence-corrected chi connectivity index (χ4v) is 1.78. The number of hydrogen-bond acceptors (Lipinski definition) is 5. The molecule has 1 unspecified atom stereocenters. The van der Waals surface area contributed by atoms with E-state index in [1.807, 2.05) is 17.8 Å². The van der Waals surface area contributed by atoms with Crippen LogP contribution in [0.4, 0.5) is 0 Å². The second-order valence-electron chi connectivity index (χ2n) is 2.99. The second kappa shape index (κ2) is 4.34. The summed E-state index contributed by atoms with van der Waals surface area (Å²) in [5.74, 6) is 0.848. The topological polar surface area (TPSA) is 51.0 Å². The van der Waals surface area contributed by atoms with Crippen molar-refractivity contribution in [3.05, 3.63) is 34.6 Å². The molecule has 0 aliphatic heterocycles. The summed E-state index contributed by atoms with van der Waals surface area (Å²) >= 11 is 1.65. The molecule has 0 spiro atoms. The molecule has 14 heavy (non-hydrogen) atoms. The maximum absolute atomic E-state index is 4.98. The zero-order valence-electron chi connectivity index (χ0n) is 7.80. The first-order chi connectivity index (χ1) is 6.86. The second-order valence-corrected chi connectivity index (χ2v) is 3.90. The van der Waals surface area contributed by atoms with Gasteiger partial charge < -0.3 is 9.84 Å². The van der Waals surface area contributed by atoms with E-state index < -0.39 is 0 Å². The van der Waals surface area contributed by atoms with Crippen LogP contribution in [0.3, 0.4) is 0 Å². The molecular weight excluding hydrogens is 198 g/mol. The van der Waals surface area contributed by atoms with E-state index in [9.17, 15) is 0 Å². The first-order valence-electron chi connectivity index (χ1n) is 4.37. The molecule has 1 atom stereocenters. The van der Waals surface area contributed by atoms with Gasteiger partial charge in [0.05, 0.1) is 18.3 Å². The molecule has 0 saturated carbocycles. The molecule has 2 heterocycles. The number of hydrogen-bond donors (Lipinski definition) is 1. The predicted molar refractivity (Wildman–Crippen MR) is 53.9 cm³/mol. The van der Waals surface area contributed by atoms with Crippen molar-refractivity contribution in [1.29, 1.82) is 0 Å². The SMILES string of the molecule is CC(NCc1ccno1)c1cncs1. The van der Waals surface area contributed by atoms with Crippen LogP contribution in [0.25, 0.3) is 0 Å². The molecule has 2 aromatic rings. The third-order valence-corrected chi connectivity index (χ3v) is 2.91. The summed E-state index contributed by atoms with van der Waals surface area (Å²) in [5.41, 5.74) is 1.84. The number of nitrogens with zero attached hydrogens (tertiary/aromatic N) is 2. The minimum atomic E-state index is 0.299. The van der Waals surface area contributed by atoms with Gasteiger partial charge >= 0.3 is 0 Å². The highest BCUT2D eigenvalue weighted by atomic mass is 32.1. The van der Waals surface area contributed by atoms with Crippen LogP contribution < -0.4 is 5.32 Å². The van der Waals surface area contributed by atoms with Gasteiger partial charge in [-0.05, 0) is 6.92 Å². The van der Waals surface area contributed by atoms with E-state index in [4.69, 9.17) is 4.52 Å². The summed E-state index contributed by atoms with van der Waals surface area (Å²) in [4.78, 5) is 5.26. The van der Waals surface area contributed by atoms with Crippen molar-refractivity contribution in [2.24, 2.45) is 0 Å². The molecule has 0 bridgehead atoms. The van der Waals surface area contributed by atoms with Gasteiger partial charge in [0.25, 0.3) is 0 Å². The Kier molecular flexibility index (Phi) is 2.90. The van der Waals surface area contributed by atoms with Gasteiger partial charge in [-0.15, -0.1) is 11.3 Å². The predicted octanol–water partition coefficient (Wildman–Crippen LogP) is 1.98. The molecule has 0 radical (unpaired) electrons. The smallest absolute Gasteiger partial charge is 0.150 e. The molecule has 2 rings (SSSR count). The van der Waals surface area contributed by atoms with Crippen molar-refractivity contribution in [3.63, 3.8) is 0 Å². The van der Waals surface area contributed by atoms with Crippen LogP contribution in [-0.2, 0) is 6.54 Å². The lowest BCUT2D eigenvalue weighted by molar-refractivity contribution is 0.366. The third-order valence-electron chi connectivity index (χ3n) is 1.95. The van der Waals surface area contributed by atoms with Crippen molar-refractivity contribution in [1.82, 2.24) is 15.5 Å². The largest absolute Gasteiger partial charge is 0.360 e. The Morgan fingerprint density at radius 3 is 3.21 bits per heavy atom.